The van der Waals surface area contributed by atoms with Crippen molar-refractivity contribution in [2.45, 2.75) is 0 Å². The minimum Gasteiger partial charge on any atom is -0.495 e. The van der Waals surface area contributed by atoms with E-state index >= 15 is 0 Å². The van der Waals surface area contributed by atoms with E-state index in [9.17, 15) is 10.1 Å². The van der Waals surface area contributed by atoms with Crippen molar-refractivity contribution in [3.8, 4) is 5.75 Å². The lowest BCUT2D eigenvalue weighted by molar-refractivity contribution is -0.384. The number of methoxy groups -OCH3 is 1. The molecule has 2 aromatic rings. The quantitative estimate of drug-likeness (QED) is 0.490. The third-order valence-electron chi connectivity index (χ3n) is 2.71. The zero-order valence-corrected chi connectivity index (χ0v) is 11.5. The molecule has 0 aliphatic heterocycles. The molecule has 1 aromatic heterocycles. The van der Waals surface area contributed by atoms with Gasteiger partial charge in [0.15, 0.2) is 0 Å². The van der Waals surface area contributed by atoms with Gasteiger partial charge in [0.2, 0.25) is 11.0 Å². The van der Waals surface area contributed by atoms with E-state index in [1.54, 1.807) is 31.3 Å². The van der Waals surface area contributed by atoms with Crippen molar-refractivity contribution in [1.82, 2.24) is 9.97 Å². The van der Waals surface area contributed by atoms with E-state index in [-0.39, 0.29) is 16.7 Å². The Hall–Kier alpha value is -2.41. The molecule has 0 aliphatic carbocycles. The van der Waals surface area contributed by atoms with Crippen LogP contribution in [0.15, 0.2) is 30.6 Å². The molecule has 1 heterocycles. The van der Waals surface area contributed by atoms with Crippen LogP contribution in [0.5, 0.6) is 5.75 Å². The monoisotopic (exact) mass is 294 g/mol. The summed E-state index contributed by atoms with van der Waals surface area (Å²) < 4.78 is 5.23. The minimum atomic E-state index is -0.608. The molecule has 2 rings (SSSR count). The van der Waals surface area contributed by atoms with Crippen LogP contribution in [0.4, 0.5) is 17.2 Å². The highest BCUT2D eigenvalue weighted by Gasteiger charge is 2.26. The maximum atomic E-state index is 11.1. The summed E-state index contributed by atoms with van der Waals surface area (Å²) in [4.78, 5) is 19.6. The first-order valence-corrected chi connectivity index (χ1v) is 5.95. The normalized spacial score (nSPS) is 10.2. The summed E-state index contributed by atoms with van der Waals surface area (Å²) >= 11 is 5.78. The molecule has 0 radical (unpaired) electrons. The molecular formula is C12H11ClN4O3. The number of halogens is 1. The van der Waals surface area contributed by atoms with E-state index in [0.717, 1.165) is 0 Å². The molecule has 0 spiro atoms. The first-order chi connectivity index (χ1) is 9.56. The number of aromatic nitrogens is 2. The topological polar surface area (TPSA) is 81.4 Å². The highest BCUT2D eigenvalue weighted by atomic mass is 35.5. The second-order valence-electron chi connectivity index (χ2n) is 3.82. The summed E-state index contributed by atoms with van der Waals surface area (Å²) in [6, 6.07) is 7.11. The lowest BCUT2D eigenvalue weighted by Crippen LogP contribution is -2.14. The highest BCUT2D eigenvalue weighted by Crippen LogP contribution is 2.37. The predicted octanol–water partition coefficient (Wildman–Crippen LogP) is 2.81. The van der Waals surface area contributed by atoms with Gasteiger partial charge in [0.25, 0.3) is 0 Å². The van der Waals surface area contributed by atoms with Crippen molar-refractivity contribution in [1.29, 1.82) is 0 Å². The van der Waals surface area contributed by atoms with Crippen LogP contribution in [0, 0.1) is 10.1 Å². The van der Waals surface area contributed by atoms with Crippen molar-refractivity contribution in [3.05, 3.63) is 45.9 Å². The van der Waals surface area contributed by atoms with E-state index in [2.05, 4.69) is 9.97 Å². The maximum absolute atomic E-state index is 11.1. The summed E-state index contributed by atoms with van der Waals surface area (Å²) in [5.41, 5.74) is 0.287. The van der Waals surface area contributed by atoms with Crippen LogP contribution in [0.1, 0.15) is 0 Å². The average molecular weight is 295 g/mol. The number of hydrogen-bond donors (Lipinski definition) is 0. The van der Waals surface area contributed by atoms with Gasteiger partial charge in [-0.2, -0.15) is 0 Å². The molecule has 104 valence electrons. The molecule has 0 saturated carbocycles. The van der Waals surface area contributed by atoms with Gasteiger partial charge in [-0.05, 0) is 12.1 Å². The molecule has 0 unspecified atom stereocenters. The van der Waals surface area contributed by atoms with E-state index in [1.807, 2.05) is 0 Å². The number of nitro groups is 1. The van der Waals surface area contributed by atoms with Gasteiger partial charge in [0, 0.05) is 7.05 Å². The fourth-order valence-corrected chi connectivity index (χ4v) is 1.97. The zero-order chi connectivity index (χ0) is 14.7. The number of anilines is 2. The Morgan fingerprint density at radius 2 is 2.05 bits per heavy atom. The molecular weight excluding hydrogens is 284 g/mol. The van der Waals surface area contributed by atoms with Gasteiger partial charge in [0.05, 0.1) is 17.7 Å². The highest BCUT2D eigenvalue weighted by molar-refractivity contribution is 6.31. The second-order valence-corrected chi connectivity index (χ2v) is 4.18. The number of hydrogen-bond acceptors (Lipinski definition) is 6. The lowest BCUT2D eigenvalue weighted by atomic mass is 10.2. The SMILES string of the molecule is COc1ccccc1N(C)c1ncnc(Cl)c1[N+](=O)[O-]. The smallest absolute Gasteiger partial charge is 0.348 e. The average Bonchev–Trinajstić information content (AvgIpc) is 2.45. The third kappa shape index (κ3) is 2.48. The molecule has 20 heavy (non-hydrogen) atoms. The van der Waals surface area contributed by atoms with Crippen LogP contribution in [-0.4, -0.2) is 29.0 Å². The number of benzene rings is 1. The zero-order valence-electron chi connectivity index (χ0n) is 10.8. The fraction of sp³-hybridized carbons (Fsp3) is 0.167. The van der Waals surface area contributed by atoms with Crippen molar-refractivity contribution < 1.29 is 9.66 Å². The van der Waals surface area contributed by atoms with E-state index < -0.39 is 4.92 Å². The second kappa shape index (κ2) is 5.70. The molecule has 0 saturated heterocycles. The van der Waals surface area contributed by atoms with Gasteiger partial charge in [0.1, 0.15) is 12.1 Å². The van der Waals surface area contributed by atoms with Crippen molar-refractivity contribution in [2.24, 2.45) is 0 Å². The van der Waals surface area contributed by atoms with E-state index in [4.69, 9.17) is 16.3 Å². The van der Waals surface area contributed by atoms with Gasteiger partial charge in [-0.1, -0.05) is 23.7 Å². The van der Waals surface area contributed by atoms with Crippen molar-refractivity contribution in [3.63, 3.8) is 0 Å². The summed E-state index contributed by atoms with van der Waals surface area (Å²) in [6.07, 6.45) is 1.18. The number of para-hydroxylation sites is 2. The molecule has 0 bridgehead atoms. The number of nitrogens with zero attached hydrogens (tertiary/aromatic N) is 4. The van der Waals surface area contributed by atoms with Crippen LogP contribution in [0.3, 0.4) is 0 Å². The first-order valence-electron chi connectivity index (χ1n) is 5.58. The largest absolute Gasteiger partial charge is 0.495 e. The van der Waals surface area contributed by atoms with Crippen molar-refractivity contribution in [2.75, 3.05) is 19.1 Å². The van der Waals surface area contributed by atoms with Crippen LogP contribution < -0.4 is 9.64 Å². The summed E-state index contributed by atoms with van der Waals surface area (Å²) in [5, 5.41) is 10.9. The third-order valence-corrected chi connectivity index (χ3v) is 2.98. The summed E-state index contributed by atoms with van der Waals surface area (Å²) in [6.45, 7) is 0. The van der Waals surface area contributed by atoms with E-state index in [1.165, 1.54) is 18.3 Å². The Morgan fingerprint density at radius 1 is 1.35 bits per heavy atom. The fourth-order valence-electron chi connectivity index (χ4n) is 1.77. The molecule has 7 nitrogen and oxygen atoms in total. The number of rotatable bonds is 4. The molecule has 1 aromatic carbocycles. The van der Waals surface area contributed by atoms with Crippen LogP contribution in [0.2, 0.25) is 5.15 Å². The van der Waals surface area contributed by atoms with Gasteiger partial charge in [-0.25, -0.2) is 9.97 Å². The van der Waals surface area contributed by atoms with Gasteiger partial charge in [-0.15, -0.1) is 0 Å². The molecule has 0 aliphatic rings. The van der Waals surface area contributed by atoms with Gasteiger partial charge < -0.3 is 9.64 Å². The minimum absolute atomic E-state index is 0.0968. The Balaban J connectivity index is 2.57. The lowest BCUT2D eigenvalue weighted by Gasteiger charge is -2.20. The Morgan fingerprint density at radius 3 is 2.70 bits per heavy atom. The summed E-state index contributed by atoms with van der Waals surface area (Å²) in [7, 11) is 3.16. The molecule has 8 heteroatoms. The Labute approximate surface area is 119 Å². The first kappa shape index (κ1) is 14.0. The maximum Gasteiger partial charge on any atom is 0.348 e. The summed E-state index contributed by atoms with van der Waals surface area (Å²) in [5.74, 6) is 0.665. The predicted molar refractivity (Wildman–Crippen MR) is 74.8 cm³/mol. The van der Waals surface area contributed by atoms with Crippen LogP contribution in [-0.2, 0) is 0 Å². The Bertz CT molecular complexity index is 650. The van der Waals surface area contributed by atoms with E-state index in [0.29, 0.717) is 11.4 Å². The van der Waals surface area contributed by atoms with Crippen molar-refractivity contribution >= 4 is 28.8 Å². The van der Waals surface area contributed by atoms with Crippen LogP contribution in [0.25, 0.3) is 0 Å². The molecule has 0 N–H and O–H groups in total. The van der Waals surface area contributed by atoms with Crippen LogP contribution >= 0.6 is 11.6 Å². The van der Waals surface area contributed by atoms with Gasteiger partial charge in [-0.3, -0.25) is 10.1 Å². The standard InChI is InChI=1S/C12H11ClN4O3/c1-16(8-5-3-4-6-9(8)20-2)12-10(17(18)19)11(13)14-7-15-12/h3-7H,1-2H3. The molecule has 0 fully saturated rings. The molecule has 0 amide bonds. The Kier molecular flexibility index (Phi) is 3.99. The number of ether oxygens (including phenoxy) is 1. The van der Waals surface area contributed by atoms with Gasteiger partial charge >= 0.3 is 5.69 Å². The molecule has 0 atom stereocenters.